The van der Waals surface area contributed by atoms with Crippen LogP contribution in [0.3, 0.4) is 0 Å². The van der Waals surface area contributed by atoms with E-state index in [-0.39, 0.29) is 10.7 Å². The van der Waals surface area contributed by atoms with Crippen LogP contribution in [0.25, 0.3) is 29.1 Å². The van der Waals surface area contributed by atoms with Crippen molar-refractivity contribution in [2.45, 2.75) is 53.0 Å². The van der Waals surface area contributed by atoms with Gasteiger partial charge in [0.15, 0.2) is 5.11 Å². The summed E-state index contributed by atoms with van der Waals surface area (Å²) in [7, 11) is 0. The lowest BCUT2D eigenvalue weighted by Crippen LogP contribution is -2.55. The largest absolute Gasteiger partial charge is 0.457 e. The first kappa shape index (κ1) is 25.6. The van der Waals surface area contributed by atoms with E-state index >= 15 is 0 Å². The first-order valence-electron chi connectivity index (χ1n) is 12.7. The van der Waals surface area contributed by atoms with Crippen LogP contribution in [0, 0.1) is 0 Å². The van der Waals surface area contributed by atoms with Gasteiger partial charge in [-0.15, -0.1) is 0 Å². The summed E-state index contributed by atoms with van der Waals surface area (Å²) in [5.41, 5.74) is 2.41. The number of hydrogen-bond acceptors (Lipinski definition) is 4. The molecular weight excluding hydrogens is 470 g/mol. The highest BCUT2D eigenvalue weighted by Crippen LogP contribution is 2.25. The molecule has 0 saturated carbocycles. The number of aryl methyl sites for hydroxylation is 1. The number of carbonyl (C=O) groups excluding carboxylic acids is 2. The van der Waals surface area contributed by atoms with Crippen LogP contribution < -0.4 is 0 Å². The summed E-state index contributed by atoms with van der Waals surface area (Å²) < 4.78 is 8.26. The summed E-state index contributed by atoms with van der Waals surface area (Å²) in [4.78, 5) is 28.6. The zero-order valence-corrected chi connectivity index (χ0v) is 22.0. The number of para-hydroxylation sites is 1. The molecule has 7 heteroatoms. The highest BCUT2D eigenvalue weighted by atomic mass is 32.1. The van der Waals surface area contributed by atoms with Gasteiger partial charge in [-0.3, -0.25) is 19.4 Å². The number of unbranched alkanes of at least 4 members (excludes halogenated alkanes) is 3. The van der Waals surface area contributed by atoms with Gasteiger partial charge in [0.25, 0.3) is 11.8 Å². The molecule has 3 heterocycles. The number of aromatic nitrogens is 1. The van der Waals surface area contributed by atoms with E-state index in [0.717, 1.165) is 12.1 Å². The van der Waals surface area contributed by atoms with Gasteiger partial charge >= 0.3 is 0 Å². The minimum Gasteiger partial charge on any atom is -0.457 e. The van der Waals surface area contributed by atoms with Crippen LogP contribution in [0.15, 0.2) is 52.6 Å². The van der Waals surface area contributed by atoms with Crippen LogP contribution in [0.5, 0.6) is 0 Å². The summed E-state index contributed by atoms with van der Waals surface area (Å²) >= 11 is 5.32. The van der Waals surface area contributed by atoms with Gasteiger partial charge in [-0.05, 0) is 68.9 Å². The summed E-state index contributed by atoms with van der Waals surface area (Å²) in [5, 5.41) is 1.45. The Kier molecular flexibility index (Phi) is 8.21. The minimum absolute atomic E-state index is 0.0586. The average molecular weight is 504 g/mol. The van der Waals surface area contributed by atoms with Crippen molar-refractivity contribution < 1.29 is 14.0 Å². The molecule has 6 nitrogen and oxygen atoms in total. The SMILES string of the molecule is CCCCCCn1cc(/C=C/c2ccc(C=C3C(=O)N(CC)C(=S)N(CC)C3=O)o2)c2ccccc21. The van der Waals surface area contributed by atoms with Crippen LogP contribution in [0.4, 0.5) is 0 Å². The normalized spacial score (nSPS) is 14.6. The summed E-state index contributed by atoms with van der Waals surface area (Å²) in [6.45, 7) is 7.70. The first-order valence-corrected chi connectivity index (χ1v) is 13.1. The predicted molar refractivity (Wildman–Crippen MR) is 149 cm³/mol. The van der Waals surface area contributed by atoms with Gasteiger partial charge < -0.3 is 8.98 Å². The fourth-order valence-electron chi connectivity index (χ4n) is 4.53. The van der Waals surface area contributed by atoms with Crippen molar-refractivity contribution in [1.82, 2.24) is 14.4 Å². The molecule has 188 valence electrons. The minimum atomic E-state index is -0.391. The zero-order chi connectivity index (χ0) is 25.7. The molecule has 0 unspecified atom stereocenters. The third-order valence-corrected chi connectivity index (χ3v) is 6.92. The van der Waals surface area contributed by atoms with E-state index in [2.05, 4.69) is 42.0 Å². The Morgan fingerprint density at radius 2 is 1.56 bits per heavy atom. The Bertz CT molecular complexity index is 1300. The van der Waals surface area contributed by atoms with E-state index in [1.165, 1.54) is 52.5 Å². The highest BCUT2D eigenvalue weighted by Gasteiger charge is 2.38. The number of hydrogen-bond donors (Lipinski definition) is 0. The maximum absolute atomic E-state index is 12.9. The van der Waals surface area contributed by atoms with Gasteiger partial charge in [-0.25, -0.2) is 0 Å². The average Bonchev–Trinajstić information content (AvgIpc) is 3.48. The second-order valence-corrected chi connectivity index (χ2v) is 9.23. The standard InChI is InChI=1S/C29H33N3O3S/c1-4-7-8-11-18-30-20-21(24-12-9-10-13-26(24)30)14-15-22-16-17-23(35-22)19-25-27(33)31(5-2)29(36)32(6-3)28(25)34/h9-10,12-17,19-20H,4-8,11,18H2,1-3H3/b15-14+. The fourth-order valence-corrected chi connectivity index (χ4v) is 4.96. The van der Waals surface area contributed by atoms with Crippen molar-refractivity contribution in [2.24, 2.45) is 0 Å². The number of likely N-dealkylation sites (N-methyl/N-ethyl adjacent to an activating group) is 2. The molecule has 0 spiro atoms. The van der Waals surface area contributed by atoms with Gasteiger partial charge in [-0.1, -0.05) is 44.4 Å². The number of thiocarbonyl (C=S) groups is 1. The Balaban J connectivity index is 1.56. The van der Waals surface area contributed by atoms with Crippen LogP contribution in [0.2, 0.25) is 0 Å². The third kappa shape index (κ3) is 5.21. The van der Waals surface area contributed by atoms with E-state index in [0.29, 0.717) is 24.6 Å². The fraction of sp³-hybridized carbons (Fsp3) is 0.345. The van der Waals surface area contributed by atoms with E-state index in [1.807, 2.05) is 32.1 Å². The molecule has 1 saturated heterocycles. The van der Waals surface area contributed by atoms with Crippen molar-refractivity contribution >= 4 is 58.3 Å². The van der Waals surface area contributed by atoms with E-state index in [1.54, 1.807) is 6.07 Å². The molecule has 2 aromatic heterocycles. The van der Waals surface area contributed by atoms with E-state index in [4.69, 9.17) is 16.6 Å². The molecule has 0 aliphatic carbocycles. The summed E-state index contributed by atoms with van der Waals surface area (Å²) in [5.74, 6) is 0.312. The molecule has 0 radical (unpaired) electrons. The molecule has 1 aliphatic rings. The highest BCUT2D eigenvalue weighted by molar-refractivity contribution is 7.80. The Morgan fingerprint density at radius 1 is 0.861 bits per heavy atom. The Morgan fingerprint density at radius 3 is 2.25 bits per heavy atom. The molecule has 1 fully saturated rings. The smallest absolute Gasteiger partial charge is 0.265 e. The van der Waals surface area contributed by atoms with Crippen molar-refractivity contribution in [3.63, 3.8) is 0 Å². The Hall–Kier alpha value is -3.45. The lowest BCUT2D eigenvalue weighted by molar-refractivity contribution is -0.133. The van der Waals surface area contributed by atoms with Gasteiger partial charge in [0.1, 0.15) is 17.1 Å². The van der Waals surface area contributed by atoms with Gasteiger partial charge in [0.2, 0.25) is 0 Å². The quantitative estimate of drug-likeness (QED) is 0.140. The van der Waals surface area contributed by atoms with Crippen LogP contribution in [-0.2, 0) is 16.1 Å². The van der Waals surface area contributed by atoms with Gasteiger partial charge in [0.05, 0.1) is 0 Å². The Labute approximate surface area is 217 Å². The summed E-state index contributed by atoms with van der Waals surface area (Å²) in [6.07, 6.45) is 12.6. The lowest BCUT2D eigenvalue weighted by atomic mass is 10.1. The molecule has 0 bridgehead atoms. The zero-order valence-electron chi connectivity index (χ0n) is 21.2. The van der Waals surface area contributed by atoms with Crippen molar-refractivity contribution in [1.29, 1.82) is 0 Å². The van der Waals surface area contributed by atoms with E-state index in [9.17, 15) is 9.59 Å². The maximum Gasteiger partial charge on any atom is 0.265 e. The maximum atomic E-state index is 12.9. The van der Waals surface area contributed by atoms with Crippen LogP contribution in [-0.4, -0.2) is 44.4 Å². The van der Waals surface area contributed by atoms with Gasteiger partial charge in [-0.2, -0.15) is 0 Å². The molecule has 1 aliphatic heterocycles. The van der Waals surface area contributed by atoms with E-state index < -0.39 is 11.8 Å². The number of amides is 2. The molecule has 0 N–H and O–H groups in total. The third-order valence-electron chi connectivity index (χ3n) is 6.48. The molecule has 1 aromatic carbocycles. The predicted octanol–water partition coefficient (Wildman–Crippen LogP) is 6.36. The number of furan rings is 1. The second kappa shape index (κ2) is 11.5. The van der Waals surface area contributed by atoms with Crippen molar-refractivity contribution in [3.8, 4) is 0 Å². The van der Waals surface area contributed by atoms with Crippen molar-refractivity contribution in [3.05, 3.63) is 65.3 Å². The van der Waals surface area contributed by atoms with Gasteiger partial charge in [0, 0.05) is 42.3 Å². The molecule has 3 aromatic rings. The lowest BCUT2D eigenvalue weighted by Gasteiger charge is -2.35. The molecule has 36 heavy (non-hydrogen) atoms. The summed E-state index contributed by atoms with van der Waals surface area (Å²) in [6, 6.07) is 12.0. The number of nitrogens with zero attached hydrogens (tertiary/aromatic N) is 3. The molecule has 2 amide bonds. The molecule has 4 rings (SSSR count). The topological polar surface area (TPSA) is 58.7 Å². The molecular formula is C29H33N3O3S. The second-order valence-electron chi connectivity index (χ2n) is 8.87. The van der Waals surface area contributed by atoms with Crippen LogP contribution >= 0.6 is 12.2 Å². The monoisotopic (exact) mass is 503 g/mol. The number of benzene rings is 1. The number of rotatable bonds is 10. The number of fused-ring (bicyclic) bond motifs is 1. The van der Waals surface area contributed by atoms with Crippen LogP contribution in [0.1, 0.15) is 63.5 Å². The van der Waals surface area contributed by atoms with Crippen molar-refractivity contribution in [2.75, 3.05) is 13.1 Å². The molecule has 0 atom stereocenters. The number of carbonyl (C=O) groups is 2. The first-order chi connectivity index (χ1) is 17.5.